The minimum absolute atomic E-state index is 0.0676. The smallest absolute Gasteiger partial charge is 0.225 e. The molecular weight excluding hydrogens is 240 g/mol. The van der Waals surface area contributed by atoms with Gasteiger partial charge in [0, 0.05) is 31.7 Å². The van der Waals surface area contributed by atoms with E-state index in [4.69, 9.17) is 4.74 Å². The monoisotopic (exact) mass is 262 g/mol. The summed E-state index contributed by atoms with van der Waals surface area (Å²) < 4.78 is 5.68. The zero-order chi connectivity index (χ0) is 13.7. The van der Waals surface area contributed by atoms with Crippen molar-refractivity contribution in [1.82, 2.24) is 4.90 Å². The van der Waals surface area contributed by atoms with Crippen LogP contribution in [0, 0.1) is 0 Å². The van der Waals surface area contributed by atoms with Gasteiger partial charge in [-0.2, -0.15) is 0 Å². The summed E-state index contributed by atoms with van der Waals surface area (Å²) >= 11 is 0. The quantitative estimate of drug-likeness (QED) is 0.903. The molecule has 0 aliphatic carbocycles. The Balaban J connectivity index is 1.74. The van der Waals surface area contributed by atoms with E-state index in [0.717, 1.165) is 25.3 Å². The molecule has 0 aromatic heterocycles. The van der Waals surface area contributed by atoms with E-state index in [0.29, 0.717) is 6.42 Å². The van der Waals surface area contributed by atoms with Crippen molar-refractivity contribution in [3.63, 3.8) is 0 Å². The fourth-order valence-corrected chi connectivity index (χ4v) is 2.47. The number of carbonyl (C=O) groups is 1. The maximum absolute atomic E-state index is 11.8. The van der Waals surface area contributed by atoms with Crippen LogP contribution >= 0.6 is 0 Å². The summed E-state index contributed by atoms with van der Waals surface area (Å²) in [6.45, 7) is 6.75. The molecule has 1 aliphatic heterocycles. The van der Waals surface area contributed by atoms with Crippen molar-refractivity contribution in [3.05, 3.63) is 30.3 Å². The van der Waals surface area contributed by atoms with Gasteiger partial charge >= 0.3 is 0 Å². The molecule has 1 aromatic rings. The van der Waals surface area contributed by atoms with Gasteiger partial charge in [-0.1, -0.05) is 18.2 Å². The second-order valence-corrected chi connectivity index (χ2v) is 5.18. The lowest BCUT2D eigenvalue weighted by atomic mass is 10.2. The van der Waals surface area contributed by atoms with Crippen LogP contribution in [0.3, 0.4) is 0 Å². The minimum atomic E-state index is 0.0676. The number of rotatable bonds is 4. The molecule has 1 heterocycles. The average molecular weight is 262 g/mol. The summed E-state index contributed by atoms with van der Waals surface area (Å²) in [6.07, 6.45) is 1.02. The normalized spacial score (nSPS) is 24.1. The second-order valence-electron chi connectivity index (χ2n) is 5.18. The minimum Gasteiger partial charge on any atom is -0.373 e. The van der Waals surface area contributed by atoms with Crippen molar-refractivity contribution in [2.45, 2.75) is 32.5 Å². The number of morpholine rings is 1. The molecule has 0 spiro atoms. The first-order valence-corrected chi connectivity index (χ1v) is 6.86. The second kappa shape index (κ2) is 6.68. The van der Waals surface area contributed by atoms with Crippen molar-refractivity contribution in [2.75, 3.05) is 25.0 Å². The summed E-state index contributed by atoms with van der Waals surface area (Å²) in [5.41, 5.74) is 0.858. The van der Waals surface area contributed by atoms with Crippen molar-refractivity contribution in [1.29, 1.82) is 0 Å². The molecule has 0 radical (unpaired) electrons. The first-order valence-electron chi connectivity index (χ1n) is 6.86. The topological polar surface area (TPSA) is 41.6 Å². The third kappa shape index (κ3) is 4.65. The number of hydrogen-bond acceptors (Lipinski definition) is 3. The molecule has 1 saturated heterocycles. The Hall–Kier alpha value is -1.39. The molecular formula is C15H22N2O2. The molecule has 2 rings (SSSR count). The standard InChI is InChI=1S/C15H22N2O2/c1-12-10-17(11-13(2)19-12)9-8-15(18)16-14-6-4-3-5-7-14/h3-7,12-13H,8-11H2,1-2H3,(H,16,18)/t12-,13-/m0/s1. The lowest BCUT2D eigenvalue weighted by Crippen LogP contribution is -2.46. The van der Waals surface area contributed by atoms with Gasteiger partial charge in [-0.25, -0.2) is 0 Å². The molecule has 104 valence electrons. The first kappa shape index (κ1) is 14.0. The van der Waals surface area contributed by atoms with Crippen LogP contribution in [0.1, 0.15) is 20.3 Å². The maximum Gasteiger partial charge on any atom is 0.225 e. The van der Waals surface area contributed by atoms with Gasteiger partial charge in [-0.3, -0.25) is 9.69 Å². The molecule has 2 atom stereocenters. The Kier molecular flexibility index (Phi) is 4.93. The van der Waals surface area contributed by atoms with Crippen molar-refractivity contribution in [3.8, 4) is 0 Å². The van der Waals surface area contributed by atoms with Gasteiger partial charge in [0.2, 0.25) is 5.91 Å². The first-order chi connectivity index (χ1) is 9.13. The molecule has 4 nitrogen and oxygen atoms in total. The predicted octanol–water partition coefficient (Wildman–Crippen LogP) is 2.12. The highest BCUT2D eigenvalue weighted by Crippen LogP contribution is 2.11. The summed E-state index contributed by atoms with van der Waals surface area (Å²) in [5, 5.41) is 2.91. The Morgan fingerprint density at radius 3 is 2.53 bits per heavy atom. The number of para-hydroxylation sites is 1. The molecule has 1 aliphatic rings. The van der Waals surface area contributed by atoms with E-state index in [2.05, 4.69) is 24.1 Å². The van der Waals surface area contributed by atoms with Gasteiger partial charge in [0.25, 0.3) is 0 Å². The van der Waals surface area contributed by atoms with E-state index >= 15 is 0 Å². The summed E-state index contributed by atoms with van der Waals surface area (Å²) in [6, 6.07) is 9.57. The van der Waals surface area contributed by atoms with Crippen molar-refractivity contribution >= 4 is 11.6 Å². The van der Waals surface area contributed by atoms with Crippen LogP contribution < -0.4 is 5.32 Å². The molecule has 19 heavy (non-hydrogen) atoms. The van der Waals surface area contributed by atoms with Crippen LogP contribution in [-0.2, 0) is 9.53 Å². The van der Waals surface area contributed by atoms with Crippen LogP contribution in [-0.4, -0.2) is 42.6 Å². The largest absolute Gasteiger partial charge is 0.373 e. The molecule has 1 fully saturated rings. The maximum atomic E-state index is 11.8. The number of amides is 1. The molecule has 0 unspecified atom stereocenters. The van der Waals surface area contributed by atoms with Gasteiger partial charge in [-0.05, 0) is 26.0 Å². The lowest BCUT2D eigenvalue weighted by molar-refractivity contribution is -0.117. The van der Waals surface area contributed by atoms with E-state index in [-0.39, 0.29) is 18.1 Å². The van der Waals surface area contributed by atoms with Crippen LogP contribution in [0.4, 0.5) is 5.69 Å². The molecule has 1 amide bonds. The van der Waals surface area contributed by atoms with E-state index in [9.17, 15) is 4.79 Å². The predicted molar refractivity (Wildman–Crippen MR) is 76.1 cm³/mol. The van der Waals surface area contributed by atoms with Gasteiger partial charge in [-0.15, -0.1) is 0 Å². The molecule has 4 heteroatoms. The van der Waals surface area contributed by atoms with E-state index in [1.165, 1.54) is 0 Å². The van der Waals surface area contributed by atoms with E-state index in [1.807, 2.05) is 30.3 Å². The fraction of sp³-hybridized carbons (Fsp3) is 0.533. The number of nitrogens with zero attached hydrogens (tertiary/aromatic N) is 1. The van der Waals surface area contributed by atoms with Gasteiger partial charge in [0.1, 0.15) is 0 Å². The summed E-state index contributed by atoms with van der Waals surface area (Å²) in [4.78, 5) is 14.1. The van der Waals surface area contributed by atoms with Crippen LogP contribution in [0.15, 0.2) is 30.3 Å². The van der Waals surface area contributed by atoms with Gasteiger partial charge in [0.05, 0.1) is 12.2 Å². The van der Waals surface area contributed by atoms with Gasteiger partial charge in [0.15, 0.2) is 0 Å². The Morgan fingerprint density at radius 1 is 1.26 bits per heavy atom. The van der Waals surface area contributed by atoms with Crippen LogP contribution in [0.5, 0.6) is 0 Å². The molecule has 1 aromatic carbocycles. The lowest BCUT2D eigenvalue weighted by Gasteiger charge is -2.35. The number of ether oxygens (including phenoxy) is 1. The number of nitrogens with one attached hydrogen (secondary N) is 1. The zero-order valence-corrected chi connectivity index (χ0v) is 11.6. The van der Waals surface area contributed by atoms with E-state index < -0.39 is 0 Å². The van der Waals surface area contributed by atoms with Crippen molar-refractivity contribution < 1.29 is 9.53 Å². The highest BCUT2D eigenvalue weighted by atomic mass is 16.5. The van der Waals surface area contributed by atoms with Crippen molar-refractivity contribution in [2.24, 2.45) is 0 Å². The average Bonchev–Trinajstić information content (AvgIpc) is 2.36. The SMILES string of the molecule is C[C@H]1CN(CCC(=O)Nc2ccccc2)C[C@H](C)O1. The van der Waals surface area contributed by atoms with Gasteiger partial charge < -0.3 is 10.1 Å². The number of benzene rings is 1. The highest BCUT2D eigenvalue weighted by Gasteiger charge is 2.22. The fourth-order valence-electron chi connectivity index (χ4n) is 2.47. The van der Waals surface area contributed by atoms with Crippen LogP contribution in [0.25, 0.3) is 0 Å². The third-order valence-electron chi connectivity index (χ3n) is 3.21. The number of hydrogen-bond donors (Lipinski definition) is 1. The third-order valence-corrected chi connectivity index (χ3v) is 3.21. The highest BCUT2D eigenvalue weighted by molar-refractivity contribution is 5.90. The number of anilines is 1. The van der Waals surface area contributed by atoms with E-state index in [1.54, 1.807) is 0 Å². The summed E-state index contributed by atoms with van der Waals surface area (Å²) in [7, 11) is 0. The number of carbonyl (C=O) groups excluding carboxylic acids is 1. The Labute approximate surface area is 114 Å². The Morgan fingerprint density at radius 2 is 1.89 bits per heavy atom. The molecule has 0 bridgehead atoms. The molecule has 1 N–H and O–H groups in total. The molecule has 0 saturated carbocycles. The zero-order valence-electron chi connectivity index (χ0n) is 11.6. The van der Waals surface area contributed by atoms with Crippen LogP contribution in [0.2, 0.25) is 0 Å². The summed E-state index contributed by atoms with van der Waals surface area (Å²) in [5.74, 6) is 0.0676. The Bertz CT molecular complexity index is 398.